The van der Waals surface area contributed by atoms with Gasteiger partial charge in [0.1, 0.15) is 50.9 Å². The second kappa shape index (κ2) is 41.5. The van der Waals surface area contributed by atoms with E-state index in [1.807, 2.05) is 160 Å². The Hall–Kier alpha value is -12.6. The number of nitrogens with one attached hydrogen (secondary N) is 4. The molecule has 0 atom stereocenters. The van der Waals surface area contributed by atoms with Crippen LogP contribution in [0.25, 0.3) is 72.9 Å². The molecular weight excluding hydrogens is 1410 g/mol. The lowest BCUT2D eigenvalue weighted by atomic mass is 9.92. The van der Waals surface area contributed by atoms with Crippen LogP contribution < -0.4 is 50.9 Å². The fourth-order valence-electron chi connectivity index (χ4n) is 11.4. The van der Waals surface area contributed by atoms with Crippen molar-refractivity contribution in [1.29, 1.82) is 0 Å². The highest BCUT2D eigenvalue weighted by atomic mass is 16.7. The third-order valence-corrected chi connectivity index (χ3v) is 17.2. The maximum atomic E-state index is 12.0. The zero-order valence-electron chi connectivity index (χ0n) is 64.0. The lowest BCUT2D eigenvalue weighted by molar-refractivity contribution is -0.197. The number of aliphatic hydroxyl groups excluding tert-OH is 1. The molecular formula is C84H97N9O17+2. The molecule has 26 heteroatoms. The number of aliphatic hydroxyl groups is 1. The molecule has 26 nitrogen and oxygen atoms in total. The predicted octanol–water partition coefficient (Wildman–Crippen LogP) is 10.2. The zero-order valence-corrected chi connectivity index (χ0v) is 64.0. The van der Waals surface area contributed by atoms with Gasteiger partial charge in [-0.15, -0.1) is 5.06 Å². The number of rotatable bonds is 27. The van der Waals surface area contributed by atoms with Gasteiger partial charge in [0.05, 0.1) is 48.6 Å². The lowest BCUT2D eigenvalue weighted by Crippen LogP contribution is -2.32. The number of imide groups is 1. The minimum Gasteiger partial charge on any atom is -0.478 e. The number of hydroxylamine groups is 2. The van der Waals surface area contributed by atoms with Crippen LogP contribution in [0.15, 0.2) is 172 Å². The number of carbonyl (C=O) groups excluding carboxylic acids is 8. The Bertz CT molecular complexity index is 4750. The fourth-order valence-corrected chi connectivity index (χ4v) is 11.4. The number of esters is 1. The number of nitrogens with zero attached hydrogens (tertiary/aromatic N) is 5. The molecule has 110 heavy (non-hydrogen) atoms. The first-order valence-electron chi connectivity index (χ1n) is 36.0. The Morgan fingerprint density at radius 3 is 1.48 bits per heavy atom. The van der Waals surface area contributed by atoms with Crippen molar-refractivity contribution < 1.29 is 81.7 Å². The van der Waals surface area contributed by atoms with Crippen LogP contribution in [0.1, 0.15) is 111 Å². The summed E-state index contributed by atoms with van der Waals surface area (Å²) < 4.78 is 21.6. The molecule has 7 N–H and O–H groups in total. The topological polar surface area (TPSA) is 340 Å². The quantitative estimate of drug-likeness (QED) is 0.00478. The van der Waals surface area contributed by atoms with Gasteiger partial charge in [-0.05, 0) is 134 Å². The number of unbranched alkanes of at least 4 members (excludes halogenated alkanes) is 4. The van der Waals surface area contributed by atoms with Crippen LogP contribution in [0.2, 0.25) is 0 Å². The van der Waals surface area contributed by atoms with Crippen LogP contribution >= 0.6 is 0 Å². The van der Waals surface area contributed by atoms with Crippen molar-refractivity contribution in [1.82, 2.24) is 30.2 Å². The monoisotopic (exact) mass is 1500 g/mol. The summed E-state index contributed by atoms with van der Waals surface area (Å²) in [6.45, 7) is 5.62. The van der Waals surface area contributed by atoms with Crippen molar-refractivity contribution in [2.45, 2.75) is 85.0 Å². The van der Waals surface area contributed by atoms with Crippen LogP contribution in [-0.2, 0) is 47.9 Å². The smallest absolute Gasteiger partial charge is 0.337 e. The number of carboxylic acids is 2. The van der Waals surface area contributed by atoms with E-state index in [0.29, 0.717) is 43.1 Å². The molecule has 10 rings (SSSR count). The summed E-state index contributed by atoms with van der Waals surface area (Å²) >= 11 is 0. The van der Waals surface area contributed by atoms with Gasteiger partial charge in [0.15, 0.2) is 0 Å². The molecule has 0 radical (unpaired) electrons. The number of carboxylic acid groups (broad SMARTS) is 2. The van der Waals surface area contributed by atoms with E-state index in [1.165, 1.54) is 19.9 Å². The van der Waals surface area contributed by atoms with Crippen LogP contribution in [0, 0.1) is 0 Å². The molecule has 3 aliphatic heterocycles. The van der Waals surface area contributed by atoms with Gasteiger partial charge in [-0.25, -0.2) is 28.3 Å². The highest BCUT2D eigenvalue weighted by Crippen LogP contribution is 2.43. The maximum Gasteiger partial charge on any atom is 0.337 e. The van der Waals surface area contributed by atoms with Gasteiger partial charge < -0.3 is 64.8 Å². The normalized spacial score (nSPS) is 11.7. The minimum atomic E-state index is -0.939. The van der Waals surface area contributed by atoms with Crippen LogP contribution in [-0.4, -0.2) is 169 Å². The Morgan fingerprint density at radius 2 is 1.05 bits per heavy atom. The number of amides is 6. The molecule has 2 aliphatic carbocycles. The maximum absolute atomic E-state index is 12.0. The van der Waals surface area contributed by atoms with Gasteiger partial charge in [-0.2, -0.15) is 0 Å². The predicted molar refractivity (Wildman–Crippen MR) is 424 cm³/mol. The van der Waals surface area contributed by atoms with Crippen molar-refractivity contribution in [2.75, 3.05) is 104 Å². The summed E-state index contributed by atoms with van der Waals surface area (Å²) in [7, 11) is 15.9. The minimum absolute atomic E-state index is 0.0665. The third-order valence-electron chi connectivity index (χ3n) is 17.2. The highest BCUT2D eigenvalue weighted by Gasteiger charge is 2.33. The Balaban J connectivity index is 0.000000207. The van der Waals surface area contributed by atoms with Gasteiger partial charge in [-0.1, -0.05) is 55.3 Å². The van der Waals surface area contributed by atoms with E-state index in [-0.39, 0.29) is 79.3 Å². The van der Waals surface area contributed by atoms with E-state index in [2.05, 4.69) is 21.3 Å². The fraction of sp³-hybridized carbons (Fsp3) is 0.310. The van der Waals surface area contributed by atoms with Gasteiger partial charge in [0, 0.05) is 155 Å². The average molecular weight is 1500 g/mol. The molecule has 0 spiro atoms. The summed E-state index contributed by atoms with van der Waals surface area (Å²) in [5, 5.41) is 43.1. The standard InChI is InChI=1S/C24H33N3O6.2C24H22N2O3.C12H18N2O5/c1-3-33-24(32)20(14-16-28)11-8-19-9-12-21(13-10-19)27-23(31)17-26-22(30)7-5-4-6-15-25-18(2)29;2*1-25(2)17-8-10-19-21(13-17)29-22-14-18(26(3)4)9-11-20(22)23(19)15-6-5-7-16(12-15)24(27)28;1-9(15)13-8-4-2-3-5-12(18)19-14-10(16)6-7-11(14)17/h8-14,28H,3-7,15-17H2,1-2H3,(H,25,29)(H,26,30)(H,27,31);2*5-14H,1-4H3;2-8H2,1H3,(H,13,15)/p+2/b11-8+,20-14+;;;. The van der Waals surface area contributed by atoms with E-state index >= 15 is 0 Å². The molecule has 6 amide bonds. The van der Waals surface area contributed by atoms with E-state index in [1.54, 1.807) is 79.7 Å². The Labute approximate surface area is 638 Å². The molecule has 0 saturated carbocycles. The molecule has 5 aliphatic rings. The lowest BCUT2D eigenvalue weighted by Gasteiger charge is -2.18. The van der Waals surface area contributed by atoms with E-state index < -0.39 is 35.7 Å². The van der Waals surface area contributed by atoms with Crippen LogP contribution in [0.5, 0.6) is 0 Å². The highest BCUT2D eigenvalue weighted by molar-refractivity contribution is 6.06. The molecule has 3 heterocycles. The molecule has 0 bridgehead atoms. The Kier molecular flexibility index (Phi) is 32.0. The number of hydrogen-bond acceptors (Lipinski definition) is 17. The van der Waals surface area contributed by atoms with Crippen LogP contribution in [0.4, 0.5) is 17.1 Å². The van der Waals surface area contributed by atoms with Gasteiger partial charge in [0.25, 0.3) is 11.8 Å². The van der Waals surface area contributed by atoms with Gasteiger partial charge >= 0.3 is 23.9 Å². The van der Waals surface area contributed by atoms with E-state index in [9.17, 15) is 58.2 Å². The summed E-state index contributed by atoms with van der Waals surface area (Å²) in [5.41, 5.74) is 11.3. The van der Waals surface area contributed by atoms with Gasteiger partial charge in [-0.3, -0.25) is 28.8 Å². The number of carbonyl (C=O) groups is 10. The largest absolute Gasteiger partial charge is 0.478 e. The summed E-state index contributed by atoms with van der Waals surface area (Å²) in [5.74, 6) is -3.07. The number of fused-ring (bicyclic) bond motifs is 4. The average Bonchev–Trinajstić information content (AvgIpc) is 0.827. The number of ether oxygens (including phenoxy) is 1. The molecule has 1 saturated heterocycles. The van der Waals surface area contributed by atoms with Crippen LogP contribution in [0.3, 0.4) is 0 Å². The second-order valence-electron chi connectivity index (χ2n) is 26.5. The van der Waals surface area contributed by atoms with Gasteiger partial charge in [0.2, 0.25) is 34.3 Å². The molecule has 0 unspecified atom stereocenters. The molecule has 5 aromatic carbocycles. The first kappa shape index (κ1) is 84.7. The second-order valence-corrected chi connectivity index (χ2v) is 26.5. The molecule has 0 aromatic heterocycles. The zero-order chi connectivity index (χ0) is 80.1. The van der Waals surface area contributed by atoms with Crippen molar-refractivity contribution in [2.24, 2.45) is 0 Å². The molecule has 578 valence electrons. The number of anilines is 3. The molecule has 1 fully saturated rings. The van der Waals surface area contributed by atoms with E-state index in [0.717, 1.165) is 120 Å². The van der Waals surface area contributed by atoms with Crippen molar-refractivity contribution in [3.8, 4) is 44.9 Å². The summed E-state index contributed by atoms with van der Waals surface area (Å²) in [6.07, 6.45) is 9.72. The number of hydrogen-bond donors (Lipinski definition) is 7. The molecule has 5 aromatic rings. The van der Waals surface area contributed by atoms with Crippen molar-refractivity contribution >= 4 is 104 Å². The van der Waals surface area contributed by atoms with Crippen molar-refractivity contribution in [3.63, 3.8) is 0 Å². The SMILES string of the molecule is CC(=O)NCCCCCC(=O)ON1C(=O)CCC1=O.CCOC(=O)C(/C=C/c1ccc(NC(=O)CNC(=O)CCCCCNC(C)=O)cc1)=C/CO.CN(C)c1ccc2c(-c3cccc(C(=O)O)c3)c3ccc(=[N+](C)C)cc-3oc2c1.CN(C)c1ccc2c(-c3cccc(C(=O)O)c3)c3ccc(=[N+](C)C)cc-3oc2c1. The number of benzene rings is 7. The third kappa shape index (κ3) is 25.0. The Morgan fingerprint density at radius 1 is 0.564 bits per heavy atom. The summed E-state index contributed by atoms with van der Waals surface area (Å²) in [6, 6.07) is 45.4. The number of aromatic carboxylic acids is 2. The first-order chi connectivity index (χ1) is 52.5. The summed E-state index contributed by atoms with van der Waals surface area (Å²) in [4.78, 5) is 123. The van der Waals surface area contributed by atoms with Crippen molar-refractivity contribution in [3.05, 3.63) is 191 Å². The van der Waals surface area contributed by atoms with E-state index in [4.69, 9.17) is 23.5 Å². The first-order valence-corrected chi connectivity index (χ1v) is 36.0.